The minimum atomic E-state index is -2.98. The van der Waals surface area contributed by atoms with Crippen LogP contribution in [-0.2, 0) is 10.0 Å². The quantitative estimate of drug-likeness (QED) is 0.721. The third kappa shape index (κ3) is 1.94. The van der Waals surface area contributed by atoms with Gasteiger partial charge in [0.05, 0.1) is 11.9 Å². The highest BCUT2D eigenvalue weighted by atomic mass is 32.2. The second-order valence-corrected chi connectivity index (χ2v) is 6.37. The topological polar surface area (TPSA) is 57.6 Å². The van der Waals surface area contributed by atoms with Crippen molar-refractivity contribution in [1.82, 2.24) is 4.31 Å². The summed E-state index contributed by atoms with van der Waals surface area (Å²) in [6.45, 7) is 1.18. The fourth-order valence-corrected chi connectivity index (χ4v) is 3.97. The lowest BCUT2D eigenvalue weighted by Crippen LogP contribution is -2.34. The van der Waals surface area contributed by atoms with Crippen molar-refractivity contribution in [2.75, 3.05) is 18.8 Å². The first-order valence-corrected chi connectivity index (χ1v) is 6.86. The first kappa shape index (κ1) is 10.4. The Morgan fingerprint density at radius 1 is 1.29 bits per heavy atom. The van der Waals surface area contributed by atoms with E-state index >= 15 is 0 Å². The maximum absolute atomic E-state index is 11.5. The van der Waals surface area contributed by atoms with Crippen LogP contribution in [0.5, 0.6) is 0 Å². The molecule has 2 aliphatic rings. The third-order valence-electron chi connectivity index (χ3n) is 3.26. The van der Waals surface area contributed by atoms with Gasteiger partial charge in [-0.2, -0.15) is 0 Å². The molecule has 0 radical (unpaired) electrons. The van der Waals surface area contributed by atoms with Gasteiger partial charge in [0.2, 0.25) is 10.0 Å². The van der Waals surface area contributed by atoms with Gasteiger partial charge in [0.25, 0.3) is 0 Å². The summed E-state index contributed by atoms with van der Waals surface area (Å²) in [5.74, 6) is 0.457. The summed E-state index contributed by atoms with van der Waals surface area (Å²) >= 11 is 0. The molecule has 1 saturated carbocycles. The summed E-state index contributed by atoms with van der Waals surface area (Å²) in [5, 5.41) is 9.60. The number of hydrogen-bond acceptors (Lipinski definition) is 3. The minimum absolute atomic E-state index is 0.169. The van der Waals surface area contributed by atoms with Gasteiger partial charge in [-0.3, -0.25) is 0 Å². The van der Waals surface area contributed by atoms with E-state index in [1.165, 1.54) is 0 Å². The lowest BCUT2D eigenvalue weighted by molar-refractivity contribution is 0.121. The van der Waals surface area contributed by atoms with Gasteiger partial charge in [0.1, 0.15) is 0 Å². The molecule has 0 spiro atoms. The molecule has 2 unspecified atom stereocenters. The predicted octanol–water partition coefficient (Wildman–Crippen LogP) is 0.183. The van der Waals surface area contributed by atoms with Gasteiger partial charge in [-0.1, -0.05) is 6.42 Å². The molecule has 1 heterocycles. The van der Waals surface area contributed by atoms with Crippen molar-refractivity contribution in [1.29, 1.82) is 0 Å². The van der Waals surface area contributed by atoms with E-state index in [-0.39, 0.29) is 17.8 Å². The van der Waals surface area contributed by atoms with Crippen LogP contribution >= 0.6 is 0 Å². The molecule has 2 atom stereocenters. The van der Waals surface area contributed by atoms with E-state index in [9.17, 15) is 13.5 Å². The molecule has 2 rings (SSSR count). The molecule has 0 amide bonds. The van der Waals surface area contributed by atoms with Crippen LogP contribution in [0.1, 0.15) is 25.7 Å². The number of rotatable bonds is 2. The minimum Gasteiger partial charge on any atom is -0.393 e. The van der Waals surface area contributed by atoms with E-state index in [2.05, 4.69) is 0 Å². The lowest BCUT2D eigenvalue weighted by atomic mass is 10.1. The van der Waals surface area contributed by atoms with Crippen molar-refractivity contribution >= 4 is 10.0 Å². The first-order valence-electron chi connectivity index (χ1n) is 5.25. The number of aliphatic hydroxyl groups is 1. The van der Waals surface area contributed by atoms with E-state index < -0.39 is 10.0 Å². The Kier molecular flexibility index (Phi) is 2.81. The molecule has 82 valence electrons. The number of hydrogen-bond donors (Lipinski definition) is 1. The fraction of sp³-hybridized carbons (Fsp3) is 1.00. The number of nitrogens with zero attached hydrogens (tertiary/aromatic N) is 1. The van der Waals surface area contributed by atoms with Crippen LogP contribution in [0.3, 0.4) is 0 Å². The molecule has 5 heteroatoms. The second kappa shape index (κ2) is 3.79. The average Bonchev–Trinajstić information content (AvgIpc) is 2.62. The Morgan fingerprint density at radius 2 is 2.07 bits per heavy atom. The third-order valence-corrected chi connectivity index (χ3v) is 5.18. The van der Waals surface area contributed by atoms with Crippen molar-refractivity contribution in [3.8, 4) is 0 Å². The molecular weight excluding hydrogens is 202 g/mol. The summed E-state index contributed by atoms with van der Waals surface area (Å²) in [6.07, 6.45) is 3.28. The summed E-state index contributed by atoms with van der Waals surface area (Å²) in [6, 6.07) is 0. The molecule has 1 N–H and O–H groups in total. The first-order chi connectivity index (χ1) is 6.59. The highest BCUT2D eigenvalue weighted by molar-refractivity contribution is 7.89. The van der Waals surface area contributed by atoms with Crippen molar-refractivity contribution in [3.05, 3.63) is 0 Å². The van der Waals surface area contributed by atoms with Gasteiger partial charge in [0.15, 0.2) is 0 Å². The summed E-state index contributed by atoms with van der Waals surface area (Å²) in [7, 11) is -2.98. The average molecular weight is 219 g/mol. The van der Waals surface area contributed by atoms with Crippen molar-refractivity contribution in [3.63, 3.8) is 0 Å². The Labute approximate surface area is 85.0 Å². The zero-order chi connectivity index (χ0) is 10.2. The van der Waals surface area contributed by atoms with Crippen LogP contribution in [0, 0.1) is 5.92 Å². The zero-order valence-corrected chi connectivity index (χ0v) is 9.04. The lowest BCUT2D eigenvalue weighted by Gasteiger charge is -2.21. The number of sulfonamides is 1. The van der Waals surface area contributed by atoms with E-state index in [0.717, 1.165) is 25.7 Å². The van der Waals surface area contributed by atoms with Crippen LogP contribution in [0.4, 0.5) is 0 Å². The van der Waals surface area contributed by atoms with E-state index in [1.807, 2.05) is 0 Å². The molecule has 1 aliphatic heterocycles. The van der Waals surface area contributed by atoms with Crippen LogP contribution in [0.25, 0.3) is 0 Å². The van der Waals surface area contributed by atoms with Gasteiger partial charge >= 0.3 is 0 Å². The van der Waals surface area contributed by atoms with Crippen molar-refractivity contribution in [2.24, 2.45) is 5.92 Å². The Balaban J connectivity index is 1.97. The van der Waals surface area contributed by atoms with Crippen LogP contribution in [0.15, 0.2) is 0 Å². The zero-order valence-electron chi connectivity index (χ0n) is 8.22. The molecule has 0 aromatic carbocycles. The molecule has 1 aliphatic carbocycles. The molecule has 4 nitrogen and oxygen atoms in total. The highest BCUT2D eigenvalue weighted by Gasteiger charge is 2.34. The molecule has 1 saturated heterocycles. The van der Waals surface area contributed by atoms with Crippen LogP contribution < -0.4 is 0 Å². The maximum atomic E-state index is 11.5. The second-order valence-electron chi connectivity index (χ2n) is 4.29. The molecule has 0 aromatic rings. The van der Waals surface area contributed by atoms with E-state index in [0.29, 0.717) is 13.1 Å². The largest absolute Gasteiger partial charge is 0.393 e. The van der Waals surface area contributed by atoms with Gasteiger partial charge in [-0.25, -0.2) is 12.7 Å². The number of aliphatic hydroxyl groups excluding tert-OH is 1. The molecular formula is C9H17NO3S. The smallest absolute Gasteiger partial charge is 0.214 e. The summed E-state index contributed by atoms with van der Waals surface area (Å²) < 4.78 is 24.5. The normalized spacial score (nSPS) is 37.8. The Hall–Kier alpha value is -0.130. The summed E-state index contributed by atoms with van der Waals surface area (Å²) in [5.41, 5.74) is 0. The van der Waals surface area contributed by atoms with Crippen molar-refractivity contribution < 1.29 is 13.5 Å². The molecule has 0 aromatic heterocycles. The monoisotopic (exact) mass is 219 g/mol. The predicted molar refractivity (Wildman–Crippen MR) is 53.3 cm³/mol. The van der Waals surface area contributed by atoms with Gasteiger partial charge in [-0.15, -0.1) is 0 Å². The highest BCUT2D eigenvalue weighted by Crippen LogP contribution is 2.28. The fourth-order valence-electron chi connectivity index (χ4n) is 2.39. The molecule has 2 fully saturated rings. The maximum Gasteiger partial charge on any atom is 0.214 e. The Morgan fingerprint density at radius 3 is 2.57 bits per heavy atom. The SMILES string of the molecule is O=S1(=O)CCCN1CC1CCCC1O. The van der Waals surface area contributed by atoms with Gasteiger partial charge in [0, 0.05) is 13.1 Å². The van der Waals surface area contributed by atoms with E-state index in [4.69, 9.17) is 0 Å². The van der Waals surface area contributed by atoms with Gasteiger partial charge in [-0.05, 0) is 25.2 Å². The standard InChI is InChI=1S/C9H17NO3S/c11-9-4-1-3-8(9)7-10-5-2-6-14(10,12)13/h8-9,11H,1-7H2. The van der Waals surface area contributed by atoms with Gasteiger partial charge < -0.3 is 5.11 Å². The van der Waals surface area contributed by atoms with Crippen LogP contribution in [0.2, 0.25) is 0 Å². The van der Waals surface area contributed by atoms with E-state index in [1.54, 1.807) is 4.31 Å². The molecule has 14 heavy (non-hydrogen) atoms. The summed E-state index contributed by atoms with van der Waals surface area (Å²) in [4.78, 5) is 0. The Bertz CT molecular complexity index is 301. The molecule has 0 bridgehead atoms. The van der Waals surface area contributed by atoms with Crippen molar-refractivity contribution in [2.45, 2.75) is 31.8 Å². The van der Waals surface area contributed by atoms with Crippen LogP contribution in [-0.4, -0.2) is 42.8 Å².